The van der Waals surface area contributed by atoms with Crippen molar-refractivity contribution in [2.75, 3.05) is 39.3 Å². The van der Waals surface area contributed by atoms with E-state index in [-0.39, 0.29) is 17.1 Å². The number of ether oxygens (including phenoxy) is 1. The highest BCUT2D eigenvalue weighted by Gasteiger charge is 2.42. The van der Waals surface area contributed by atoms with Crippen molar-refractivity contribution in [1.29, 1.82) is 0 Å². The van der Waals surface area contributed by atoms with E-state index >= 15 is 0 Å². The minimum Gasteiger partial charge on any atom is -0.448 e. The Morgan fingerprint density at radius 3 is 2.24 bits per heavy atom. The minimum atomic E-state index is -4.12. The fourth-order valence-corrected chi connectivity index (χ4v) is 7.39. The zero-order chi connectivity index (χ0) is 26.9. The predicted molar refractivity (Wildman–Crippen MR) is 139 cm³/mol. The maximum atomic E-state index is 14.1. The topological polar surface area (TPSA) is 70.2 Å². The largest absolute Gasteiger partial charge is 0.448 e. The number of hydrogen-bond donors (Lipinski definition) is 0. The van der Waals surface area contributed by atoms with Crippen LogP contribution in [0.5, 0.6) is 0 Å². The molecule has 38 heavy (non-hydrogen) atoms. The number of nitrogens with zero attached hydrogens (tertiary/aromatic N) is 3. The Hall–Kier alpha value is -2.27. The van der Waals surface area contributed by atoms with Gasteiger partial charge in [0.1, 0.15) is 18.2 Å². The number of amides is 1. The van der Waals surface area contributed by atoms with Crippen LogP contribution in [0.15, 0.2) is 47.4 Å². The first-order chi connectivity index (χ1) is 18.2. The number of piperidine rings is 1. The third kappa shape index (κ3) is 6.30. The lowest BCUT2D eigenvalue weighted by Crippen LogP contribution is -2.51. The van der Waals surface area contributed by atoms with Gasteiger partial charge in [0.05, 0.1) is 17.0 Å². The molecule has 3 fully saturated rings. The number of carbonyl (C=O) groups is 1. The SMILES string of the molecule is O=C(OCC1CCCC(c2cc(F)cc(F)c2)N1S(=O)(=O)c1ccc(Cl)cc1)N1CCN(CC2CC2)CC1. The van der Waals surface area contributed by atoms with Crippen molar-refractivity contribution in [1.82, 2.24) is 14.1 Å². The molecule has 2 aliphatic heterocycles. The Morgan fingerprint density at radius 2 is 1.61 bits per heavy atom. The van der Waals surface area contributed by atoms with Gasteiger partial charge in [0, 0.05) is 43.8 Å². The number of rotatable bonds is 7. The van der Waals surface area contributed by atoms with Crippen molar-refractivity contribution < 1.29 is 26.7 Å². The molecule has 0 spiro atoms. The molecule has 7 nitrogen and oxygen atoms in total. The zero-order valence-electron chi connectivity index (χ0n) is 21.1. The van der Waals surface area contributed by atoms with Gasteiger partial charge in [-0.1, -0.05) is 11.6 Å². The molecule has 5 rings (SSSR count). The van der Waals surface area contributed by atoms with Gasteiger partial charge in [-0.05, 0) is 80.0 Å². The number of piperazine rings is 1. The molecule has 0 aromatic heterocycles. The van der Waals surface area contributed by atoms with Crippen LogP contribution in [0.25, 0.3) is 0 Å². The number of carbonyl (C=O) groups excluding carboxylic acids is 1. The predicted octanol–water partition coefficient (Wildman–Crippen LogP) is 5.07. The first kappa shape index (κ1) is 27.3. The molecule has 0 radical (unpaired) electrons. The molecule has 206 valence electrons. The highest BCUT2D eigenvalue weighted by atomic mass is 35.5. The molecule has 2 heterocycles. The van der Waals surface area contributed by atoms with Gasteiger partial charge in [0.15, 0.2) is 0 Å². The van der Waals surface area contributed by atoms with E-state index in [0.29, 0.717) is 37.4 Å². The lowest BCUT2D eigenvalue weighted by Gasteiger charge is -2.41. The first-order valence-corrected chi connectivity index (χ1v) is 14.9. The van der Waals surface area contributed by atoms with Crippen LogP contribution in [0.3, 0.4) is 0 Å². The fourth-order valence-electron chi connectivity index (χ4n) is 5.42. The van der Waals surface area contributed by atoms with E-state index in [1.165, 1.54) is 41.4 Å². The summed E-state index contributed by atoms with van der Waals surface area (Å²) in [6.45, 7) is 3.63. The Morgan fingerprint density at radius 1 is 0.947 bits per heavy atom. The van der Waals surface area contributed by atoms with E-state index in [1.807, 2.05) is 0 Å². The highest BCUT2D eigenvalue weighted by molar-refractivity contribution is 7.89. The molecule has 1 saturated carbocycles. The molecule has 11 heteroatoms. The summed E-state index contributed by atoms with van der Waals surface area (Å²) < 4.78 is 62.9. The van der Waals surface area contributed by atoms with Gasteiger partial charge >= 0.3 is 6.09 Å². The Labute approximate surface area is 227 Å². The van der Waals surface area contributed by atoms with Gasteiger partial charge in [-0.3, -0.25) is 4.90 Å². The minimum absolute atomic E-state index is 0.00814. The van der Waals surface area contributed by atoms with Crippen LogP contribution in [0.4, 0.5) is 13.6 Å². The number of sulfonamides is 1. The second-order valence-corrected chi connectivity index (χ2v) is 12.7. The van der Waals surface area contributed by atoms with Crippen LogP contribution in [0.2, 0.25) is 5.02 Å². The quantitative estimate of drug-likeness (QED) is 0.467. The second kappa shape index (κ2) is 11.5. The Balaban J connectivity index is 1.34. The molecule has 1 amide bonds. The molecular weight excluding hydrogens is 536 g/mol. The van der Waals surface area contributed by atoms with Gasteiger partial charge in [-0.15, -0.1) is 0 Å². The van der Waals surface area contributed by atoms with E-state index in [0.717, 1.165) is 43.8 Å². The smallest absolute Gasteiger partial charge is 0.409 e. The first-order valence-electron chi connectivity index (χ1n) is 13.1. The molecule has 2 aromatic carbocycles. The molecule has 2 saturated heterocycles. The van der Waals surface area contributed by atoms with Crippen molar-refractivity contribution in [3.63, 3.8) is 0 Å². The standard InChI is InChI=1S/C27H32ClF2N3O4S/c28-21-6-8-25(9-7-21)38(35,36)33-24(2-1-3-26(33)20-14-22(29)16-23(30)15-20)18-37-27(34)32-12-10-31(11-13-32)17-19-4-5-19/h6-9,14-16,19,24,26H,1-5,10-13,17-18H2. The molecule has 3 aliphatic rings. The van der Waals surface area contributed by atoms with Gasteiger partial charge < -0.3 is 9.64 Å². The fraction of sp³-hybridized carbons (Fsp3) is 0.519. The average Bonchev–Trinajstić information content (AvgIpc) is 3.71. The monoisotopic (exact) mass is 567 g/mol. The van der Waals surface area contributed by atoms with E-state index in [2.05, 4.69) is 4.90 Å². The number of halogens is 3. The van der Waals surface area contributed by atoms with Gasteiger partial charge in [-0.25, -0.2) is 22.0 Å². The van der Waals surface area contributed by atoms with Crippen molar-refractivity contribution >= 4 is 27.7 Å². The van der Waals surface area contributed by atoms with Crippen LogP contribution in [0.1, 0.15) is 43.7 Å². The molecule has 2 unspecified atom stereocenters. The van der Waals surface area contributed by atoms with Crippen LogP contribution >= 0.6 is 11.6 Å². The second-order valence-electron chi connectivity index (χ2n) is 10.4. The zero-order valence-corrected chi connectivity index (χ0v) is 22.6. The molecule has 2 atom stereocenters. The van der Waals surface area contributed by atoms with Gasteiger partial charge in [0.2, 0.25) is 10.0 Å². The summed E-state index contributed by atoms with van der Waals surface area (Å²) in [4.78, 5) is 16.9. The molecule has 2 aromatic rings. The van der Waals surface area contributed by atoms with E-state index in [1.54, 1.807) is 4.90 Å². The van der Waals surface area contributed by atoms with Gasteiger partial charge in [-0.2, -0.15) is 4.31 Å². The maximum absolute atomic E-state index is 14.1. The van der Waals surface area contributed by atoms with Crippen molar-refractivity contribution in [2.45, 2.75) is 49.1 Å². The third-order valence-electron chi connectivity index (χ3n) is 7.58. The lowest BCUT2D eigenvalue weighted by molar-refractivity contribution is 0.0482. The molecule has 0 N–H and O–H groups in total. The molecular formula is C27H32ClF2N3O4S. The van der Waals surface area contributed by atoms with Crippen LogP contribution in [-0.2, 0) is 14.8 Å². The summed E-state index contributed by atoms with van der Waals surface area (Å²) in [5.41, 5.74) is 0.225. The van der Waals surface area contributed by atoms with Crippen LogP contribution in [-0.4, -0.2) is 74.0 Å². The summed E-state index contributed by atoms with van der Waals surface area (Å²) in [6, 6.07) is 7.33. The third-order valence-corrected chi connectivity index (χ3v) is 9.81. The Bertz CT molecular complexity index is 1230. The average molecular weight is 568 g/mol. The number of benzene rings is 2. The van der Waals surface area contributed by atoms with E-state index < -0.39 is 39.8 Å². The highest BCUT2D eigenvalue weighted by Crippen LogP contribution is 2.39. The van der Waals surface area contributed by atoms with Crippen molar-refractivity contribution in [3.05, 3.63) is 64.7 Å². The Kier molecular flexibility index (Phi) is 8.23. The normalized spacial score (nSPS) is 23.4. The number of hydrogen-bond acceptors (Lipinski definition) is 5. The van der Waals surface area contributed by atoms with Crippen molar-refractivity contribution in [3.8, 4) is 0 Å². The van der Waals surface area contributed by atoms with Crippen molar-refractivity contribution in [2.24, 2.45) is 5.92 Å². The van der Waals surface area contributed by atoms with Crippen LogP contribution < -0.4 is 0 Å². The lowest BCUT2D eigenvalue weighted by atomic mass is 9.93. The molecule has 0 bridgehead atoms. The van der Waals surface area contributed by atoms with E-state index in [4.69, 9.17) is 16.3 Å². The summed E-state index contributed by atoms with van der Waals surface area (Å²) in [5, 5.41) is 0.383. The van der Waals surface area contributed by atoms with E-state index in [9.17, 15) is 22.0 Å². The summed E-state index contributed by atoms with van der Waals surface area (Å²) in [7, 11) is -4.12. The van der Waals surface area contributed by atoms with Gasteiger partial charge in [0.25, 0.3) is 0 Å². The maximum Gasteiger partial charge on any atom is 0.409 e. The summed E-state index contributed by atoms with van der Waals surface area (Å²) >= 11 is 5.97. The summed E-state index contributed by atoms with van der Waals surface area (Å²) in [5.74, 6) is -0.774. The summed E-state index contributed by atoms with van der Waals surface area (Å²) in [6.07, 6.45) is 3.52. The van der Waals surface area contributed by atoms with Crippen LogP contribution in [0, 0.1) is 17.6 Å². The molecule has 1 aliphatic carbocycles.